The summed E-state index contributed by atoms with van der Waals surface area (Å²) in [5.74, 6) is -0.0311. The zero-order valence-corrected chi connectivity index (χ0v) is 13.2. The van der Waals surface area contributed by atoms with Crippen LogP contribution in [0, 0.1) is 0 Å². The van der Waals surface area contributed by atoms with Gasteiger partial charge in [0.1, 0.15) is 9.84 Å². The summed E-state index contributed by atoms with van der Waals surface area (Å²) in [6.07, 6.45) is 1.39. The number of rotatable bonds is 8. The minimum Gasteiger partial charge on any atom is -0.316 e. The summed E-state index contributed by atoms with van der Waals surface area (Å²) < 4.78 is 48.2. The Morgan fingerprint density at radius 2 is 1.65 bits per heavy atom. The molecule has 0 aliphatic heterocycles. The van der Waals surface area contributed by atoms with Gasteiger partial charge >= 0.3 is 0 Å². The van der Waals surface area contributed by atoms with Gasteiger partial charge < -0.3 is 5.32 Å². The molecule has 0 heterocycles. The highest BCUT2D eigenvalue weighted by molar-refractivity contribution is 7.90. The van der Waals surface area contributed by atoms with Crippen LogP contribution < -0.4 is 10.0 Å². The lowest BCUT2D eigenvalue weighted by molar-refractivity contribution is 0.577. The van der Waals surface area contributed by atoms with Gasteiger partial charge in [-0.05, 0) is 31.2 Å². The molecule has 0 fully saturated rings. The zero-order chi connectivity index (χ0) is 15.2. The quantitative estimate of drug-likeness (QED) is 0.664. The first-order valence-electron chi connectivity index (χ1n) is 6.15. The van der Waals surface area contributed by atoms with E-state index in [1.54, 1.807) is 12.1 Å². The SMILES string of the molecule is CNCc1ccc(S(=O)(=O)NCCCS(C)(=O)=O)cc1. The summed E-state index contributed by atoms with van der Waals surface area (Å²) in [5, 5.41) is 2.98. The second-order valence-electron chi connectivity index (χ2n) is 4.56. The first-order valence-corrected chi connectivity index (χ1v) is 9.70. The fraction of sp³-hybridized carbons (Fsp3) is 0.500. The van der Waals surface area contributed by atoms with Gasteiger partial charge in [-0.3, -0.25) is 0 Å². The molecule has 0 aliphatic rings. The number of hydrogen-bond acceptors (Lipinski definition) is 5. The smallest absolute Gasteiger partial charge is 0.240 e. The molecule has 8 heteroatoms. The summed E-state index contributed by atoms with van der Waals surface area (Å²) in [6, 6.07) is 6.54. The maximum atomic E-state index is 11.9. The Kier molecular flexibility index (Phi) is 6.12. The molecule has 0 aromatic heterocycles. The average Bonchev–Trinajstić information content (AvgIpc) is 2.35. The summed E-state index contributed by atoms with van der Waals surface area (Å²) in [7, 11) is -4.82. The van der Waals surface area contributed by atoms with Crippen LogP contribution in [0.5, 0.6) is 0 Å². The molecule has 0 saturated heterocycles. The molecule has 6 nitrogen and oxygen atoms in total. The van der Waals surface area contributed by atoms with E-state index >= 15 is 0 Å². The standard InChI is InChI=1S/C12H20N2O4S2/c1-13-10-11-4-6-12(7-5-11)20(17,18)14-8-3-9-19(2,15)16/h4-7,13-14H,3,8-10H2,1-2H3. The molecular formula is C12H20N2O4S2. The van der Waals surface area contributed by atoms with Crippen molar-refractivity contribution in [1.29, 1.82) is 0 Å². The highest BCUT2D eigenvalue weighted by Gasteiger charge is 2.13. The molecule has 2 N–H and O–H groups in total. The molecule has 0 aliphatic carbocycles. The van der Waals surface area contributed by atoms with Crippen LogP contribution in [0.15, 0.2) is 29.2 Å². The van der Waals surface area contributed by atoms with Gasteiger partial charge in [0.2, 0.25) is 10.0 Å². The van der Waals surface area contributed by atoms with E-state index < -0.39 is 19.9 Å². The van der Waals surface area contributed by atoms with Crippen molar-refractivity contribution >= 4 is 19.9 Å². The lowest BCUT2D eigenvalue weighted by Crippen LogP contribution is -2.26. The molecule has 1 rings (SSSR count). The largest absolute Gasteiger partial charge is 0.316 e. The Labute approximate surface area is 120 Å². The van der Waals surface area contributed by atoms with E-state index in [1.165, 1.54) is 12.1 Å². The number of sulfonamides is 1. The molecule has 1 aromatic carbocycles. The maximum Gasteiger partial charge on any atom is 0.240 e. The number of benzene rings is 1. The van der Waals surface area contributed by atoms with Crippen LogP contribution >= 0.6 is 0 Å². The normalized spacial score (nSPS) is 12.5. The fourth-order valence-corrected chi connectivity index (χ4v) is 3.36. The molecular weight excluding hydrogens is 300 g/mol. The Morgan fingerprint density at radius 1 is 1.05 bits per heavy atom. The van der Waals surface area contributed by atoms with Crippen LogP contribution in [0.1, 0.15) is 12.0 Å². The predicted molar refractivity (Wildman–Crippen MR) is 78.7 cm³/mol. The highest BCUT2D eigenvalue weighted by atomic mass is 32.2. The Bertz CT molecular complexity index is 622. The molecule has 0 unspecified atom stereocenters. The third-order valence-corrected chi connectivity index (χ3v) is 5.11. The van der Waals surface area contributed by atoms with Gasteiger partial charge in [0, 0.05) is 19.3 Å². The summed E-state index contributed by atoms with van der Waals surface area (Å²) in [5.41, 5.74) is 0.989. The van der Waals surface area contributed by atoms with E-state index in [0.29, 0.717) is 6.54 Å². The van der Waals surface area contributed by atoms with Crippen LogP contribution in [0.25, 0.3) is 0 Å². The van der Waals surface area contributed by atoms with Crippen LogP contribution in [0.3, 0.4) is 0 Å². The Hall–Kier alpha value is -0.960. The van der Waals surface area contributed by atoms with E-state index in [4.69, 9.17) is 0 Å². The lowest BCUT2D eigenvalue weighted by Gasteiger charge is -2.07. The van der Waals surface area contributed by atoms with E-state index in [9.17, 15) is 16.8 Å². The van der Waals surface area contributed by atoms with Gasteiger partial charge in [-0.25, -0.2) is 21.6 Å². The summed E-state index contributed by atoms with van der Waals surface area (Å²) in [4.78, 5) is 0.178. The minimum atomic E-state index is -3.57. The van der Waals surface area contributed by atoms with Crippen LogP contribution in [0.4, 0.5) is 0 Å². The molecule has 0 bridgehead atoms. The summed E-state index contributed by atoms with van der Waals surface area (Å²) in [6.45, 7) is 0.774. The van der Waals surface area contributed by atoms with E-state index in [-0.39, 0.29) is 23.6 Å². The van der Waals surface area contributed by atoms with Crippen molar-refractivity contribution in [3.8, 4) is 0 Å². The van der Waals surface area contributed by atoms with Gasteiger partial charge in [-0.15, -0.1) is 0 Å². The highest BCUT2D eigenvalue weighted by Crippen LogP contribution is 2.10. The van der Waals surface area contributed by atoms with Crippen LogP contribution in [0.2, 0.25) is 0 Å². The Morgan fingerprint density at radius 3 is 2.15 bits per heavy atom. The van der Waals surface area contributed by atoms with Gasteiger partial charge in [-0.2, -0.15) is 0 Å². The zero-order valence-electron chi connectivity index (χ0n) is 11.6. The van der Waals surface area contributed by atoms with E-state index in [2.05, 4.69) is 10.0 Å². The molecule has 20 heavy (non-hydrogen) atoms. The van der Waals surface area contributed by atoms with Crippen molar-refractivity contribution in [3.05, 3.63) is 29.8 Å². The topological polar surface area (TPSA) is 92.3 Å². The second kappa shape index (κ2) is 7.16. The average molecular weight is 320 g/mol. The second-order valence-corrected chi connectivity index (χ2v) is 8.58. The van der Waals surface area contributed by atoms with E-state index in [1.807, 2.05) is 7.05 Å². The van der Waals surface area contributed by atoms with E-state index in [0.717, 1.165) is 11.8 Å². The molecule has 0 radical (unpaired) electrons. The van der Waals surface area contributed by atoms with Gasteiger partial charge in [-0.1, -0.05) is 12.1 Å². The molecule has 1 aromatic rings. The monoisotopic (exact) mass is 320 g/mol. The molecule has 0 amide bonds. The minimum absolute atomic E-state index is 0.0311. The number of hydrogen-bond donors (Lipinski definition) is 2. The van der Waals surface area contributed by atoms with Gasteiger partial charge in [0.15, 0.2) is 0 Å². The van der Waals surface area contributed by atoms with Crippen molar-refractivity contribution in [3.63, 3.8) is 0 Å². The molecule has 0 atom stereocenters. The van der Waals surface area contributed by atoms with Crippen LogP contribution in [-0.2, 0) is 26.4 Å². The van der Waals surface area contributed by atoms with Crippen molar-refractivity contribution in [2.75, 3.05) is 25.6 Å². The van der Waals surface area contributed by atoms with Crippen molar-refractivity contribution in [2.45, 2.75) is 17.9 Å². The number of sulfone groups is 1. The fourth-order valence-electron chi connectivity index (χ4n) is 1.61. The number of nitrogens with one attached hydrogen (secondary N) is 2. The van der Waals surface area contributed by atoms with Gasteiger partial charge in [0.05, 0.1) is 10.6 Å². The molecule has 0 spiro atoms. The third kappa shape index (κ3) is 6.00. The third-order valence-electron chi connectivity index (χ3n) is 2.60. The molecule has 0 saturated carbocycles. The molecule has 114 valence electrons. The van der Waals surface area contributed by atoms with Gasteiger partial charge in [0.25, 0.3) is 0 Å². The predicted octanol–water partition coefficient (Wildman–Crippen LogP) is 0.119. The lowest BCUT2D eigenvalue weighted by atomic mass is 10.2. The first kappa shape index (κ1) is 17.1. The Balaban J connectivity index is 2.60. The summed E-state index contributed by atoms with van der Waals surface area (Å²) >= 11 is 0. The maximum absolute atomic E-state index is 11.9. The van der Waals surface area contributed by atoms with Crippen molar-refractivity contribution in [2.24, 2.45) is 0 Å². The van der Waals surface area contributed by atoms with Crippen molar-refractivity contribution in [1.82, 2.24) is 10.0 Å². The van der Waals surface area contributed by atoms with Crippen molar-refractivity contribution < 1.29 is 16.8 Å². The first-order chi connectivity index (χ1) is 9.24. The van der Waals surface area contributed by atoms with Crippen LogP contribution in [-0.4, -0.2) is 42.4 Å².